The number of nitrogens with zero attached hydrogens (tertiary/aromatic N) is 2. The van der Waals surface area contributed by atoms with E-state index in [0.717, 1.165) is 10.9 Å². The van der Waals surface area contributed by atoms with Gasteiger partial charge in [-0.05, 0) is 32.9 Å². The number of carbonyl (C=O) groups is 1. The molecule has 6 nitrogen and oxygen atoms in total. The van der Waals surface area contributed by atoms with Crippen LogP contribution in [0.2, 0.25) is 5.15 Å². The minimum Gasteiger partial charge on any atom is -0.496 e. The first kappa shape index (κ1) is 19.9. The van der Waals surface area contributed by atoms with E-state index in [1.807, 2.05) is 20.8 Å². The normalized spacial score (nSPS) is 11.3. The van der Waals surface area contributed by atoms with Crippen molar-refractivity contribution in [2.24, 2.45) is 0 Å². The van der Waals surface area contributed by atoms with E-state index in [0.29, 0.717) is 27.9 Å². The Morgan fingerprint density at radius 1 is 1.11 bits per heavy atom. The molecule has 28 heavy (non-hydrogen) atoms. The van der Waals surface area contributed by atoms with Gasteiger partial charge in [0.25, 0.3) is 0 Å². The van der Waals surface area contributed by atoms with Crippen LogP contribution in [0.1, 0.15) is 26.3 Å². The van der Waals surface area contributed by atoms with E-state index in [9.17, 15) is 4.79 Å². The second-order valence-electron chi connectivity index (χ2n) is 7.17. The molecule has 0 radical (unpaired) electrons. The van der Waals surface area contributed by atoms with Gasteiger partial charge in [0.2, 0.25) is 0 Å². The third-order valence-electron chi connectivity index (χ3n) is 3.79. The van der Waals surface area contributed by atoms with Gasteiger partial charge in [0.05, 0.1) is 24.4 Å². The van der Waals surface area contributed by atoms with E-state index in [2.05, 4.69) is 9.97 Å². The van der Waals surface area contributed by atoms with Crippen LogP contribution >= 0.6 is 11.6 Å². The minimum atomic E-state index is -0.535. The molecule has 0 saturated carbocycles. The Hall–Kier alpha value is -2.86. The molecule has 3 rings (SSSR count). The van der Waals surface area contributed by atoms with Gasteiger partial charge in [-0.1, -0.05) is 17.7 Å². The molecule has 0 bridgehead atoms. The first-order valence-electron chi connectivity index (χ1n) is 8.72. The number of fused-ring (bicyclic) bond motifs is 1. The second kappa shape index (κ2) is 8.02. The number of methoxy groups -OCH3 is 1. The van der Waals surface area contributed by atoms with Crippen molar-refractivity contribution in [2.75, 3.05) is 7.11 Å². The lowest BCUT2D eigenvalue weighted by Crippen LogP contribution is -2.25. The van der Waals surface area contributed by atoms with E-state index in [-0.39, 0.29) is 12.4 Å². The van der Waals surface area contributed by atoms with Gasteiger partial charge < -0.3 is 14.2 Å². The Labute approximate surface area is 168 Å². The Bertz CT molecular complexity index is 1010. The summed E-state index contributed by atoms with van der Waals surface area (Å²) < 4.78 is 16.8. The molecule has 0 aliphatic heterocycles. The SMILES string of the molecule is COc1cc(Oc2ccnc3cc(Cl)ncc23)ccc1CC(=O)OC(C)(C)C. The molecule has 0 N–H and O–H groups in total. The summed E-state index contributed by atoms with van der Waals surface area (Å²) in [6.45, 7) is 5.50. The molecular weight excluding hydrogens is 380 g/mol. The molecule has 0 fully saturated rings. The fraction of sp³-hybridized carbons (Fsp3) is 0.286. The number of esters is 1. The molecule has 0 unspecified atom stereocenters. The number of rotatable bonds is 5. The molecule has 2 heterocycles. The molecular formula is C21H21ClN2O4. The lowest BCUT2D eigenvalue weighted by molar-refractivity contribution is -0.153. The van der Waals surface area contributed by atoms with Gasteiger partial charge in [-0.2, -0.15) is 0 Å². The van der Waals surface area contributed by atoms with Crippen molar-refractivity contribution in [3.8, 4) is 17.2 Å². The van der Waals surface area contributed by atoms with Gasteiger partial charge in [0.1, 0.15) is 28.0 Å². The lowest BCUT2D eigenvalue weighted by atomic mass is 10.1. The summed E-state index contributed by atoms with van der Waals surface area (Å²) in [5.74, 6) is 1.38. The predicted octanol–water partition coefficient (Wildman–Crippen LogP) is 4.97. The average Bonchev–Trinajstić information content (AvgIpc) is 2.61. The summed E-state index contributed by atoms with van der Waals surface area (Å²) >= 11 is 5.92. The van der Waals surface area contributed by atoms with Crippen LogP contribution in [0.3, 0.4) is 0 Å². The Kier molecular flexibility index (Phi) is 5.70. The number of carbonyl (C=O) groups excluding carboxylic acids is 1. The largest absolute Gasteiger partial charge is 0.496 e. The molecule has 0 aliphatic rings. The Morgan fingerprint density at radius 2 is 1.89 bits per heavy atom. The molecule has 2 aromatic heterocycles. The van der Waals surface area contributed by atoms with Gasteiger partial charge in [-0.25, -0.2) is 4.98 Å². The minimum absolute atomic E-state index is 0.112. The molecule has 7 heteroatoms. The number of hydrogen-bond donors (Lipinski definition) is 0. The van der Waals surface area contributed by atoms with Crippen LogP contribution in [-0.4, -0.2) is 28.6 Å². The van der Waals surface area contributed by atoms with Crippen LogP contribution in [0.15, 0.2) is 42.7 Å². The first-order valence-corrected chi connectivity index (χ1v) is 9.10. The van der Waals surface area contributed by atoms with Crippen LogP contribution in [-0.2, 0) is 16.0 Å². The molecule has 0 atom stereocenters. The van der Waals surface area contributed by atoms with E-state index in [1.54, 1.807) is 49.8 Å². The third kappa shape index (κ3) is 4.89. The highest BCUT2D eigenvalue weighted by molar-refractivity contribution is 6.30. The number of halogens is 1. The Morgan fingerprint density at radius 3 is 2.61 bits per heavy atom. The fourth-order valence-corrected chi connectivity index (χ4v) is 2.83. The number of ether oxygens (including phenoxy) is 3. The summed E-state index contributed by atoms with van der Waals surface area (Å²) in [7, 11) is 1.55. The quantitative estimate of drug-likeness (QED) is 0.445. The van der Waals surface area contributed by atoms with Crippen LogP contribution in [0, 0.1) is 0 Å². The highest BCUT2D eigenvalue weighted by atomic mass is 35.5. The van der Waals surface area contributed by atoms with Crippen molar-refractivity contribution in [3.63, 3.8) is 0 Å². The van der Waals surface area contributed by atoms with Crippen molar-refractivity contribution in [3.05, 3.63) is 53.4 Å². The molecule has 146 valence electrons. The highest BCUT2D eigenvalue weighted by Gasteiger charge is 2.18. The highest BCUT2D eigenvalue weighted by Crippen LogP contribution is 2.32. The van der Waals surface area contributed by atoms with Crippen molar-refractivity contribution < 1.29 is 19.0 Å². The number of pyridine rings is 2. The number of benzene rings is 1. The van der Waals surface area contributed by atoms with Crippen LogP contribution in [0.4, 0.5) is 0 Å². The first-order chi connectivity index (χ1) is 13.2. The van der Waals surface area contributed by atoms with E-state index in [4.69, 9.17) is 25.8 Å². The van der Waals surface area contributed by atoms with Crippen LogP contribution in [0.25, 0.3) is 10.9 Å². The molecule has 0 saturated heterocycles. The van der Waals surface area contributed by atoms with Gasteiger partial charge in [0, 0.05) is 30.1 Å². The predicted molar refractivity (Wildman–Crippen MR) is 107 cm³/mol. The maximum Gasteiger partial charge on any atom is 0.310 e. The topological polar surface area (TPSA) is 70.5 Å². The lowest BCUT2D eigenvalue weighted by Gasteiger charge is -2.20. The fourth-order valence-electron chi connectivity index (χ4n) is 2.68. The molecule has 3 aromatic rings. The summed E-state index contributed by atoms with van der Waals surface area (Å²) in [6.07, 6.45) is 3.37. The second-order valence-corrected chi connectivity index (χ2v) is 7.56. The Balaban J connectivity index is 1.84. The van der Waals surface area contributed by atoms with E-state index < -0.39 is 5.60 Å². The maximum absolute atomic E-state index is 12.1. The van der Waals surface area contributed by atoms with Crippen molar-refractivity contribution in [1.82, 2.24) is 9.97 Å². The smallest absolute Gasteiger partial charge is 0.310 e. The molecule has 0 spiro atoms. The molecule has 0 aliphatic carbocycles. The zero-order valence-corrected chi connectivity index (χ0v) is 16.9. The summed E-state index contributed by atoms with van der Waals surface area (Å²) in [5.41, 5.74) is 0.871. The summed E-state index contributed by atoms with van der Waals surface area (Å²) in [4.78, 5) is 20.5. The maximum atomic E-state index is 12.1. The summed E-state index contributed by atoms with van der Waals surface area (Å²) in [6, 6.07) is 8.72. The van der Waals surface area contributed by atoms with Crippen molar-refractivity contribution in [2.45, 2.75) is 32.8 Å². The van der Waals surface area contributed by atoms with Gasteiger partial charge >= 0.3 is 5.97 Å². The zero-order chi connectivity index (χ0) is 20.3. The van der Waals surface area contributed by atoms with E-state index >= 15 is 0 Å². The third-order valence-corrected chi connectivity index (χ3v) is 4.00. The van der Waals surface area contributed by atoms with Gasteiger partial charge in [-0.15, -0.1) is 0 Å². The number of aromatic nitrogens is 2. The van der Waals surface area contributed by atoms with Crippen LogP contribution < -0.4 is 9.47 Å². The van der Waals surface area contributed by atoms with Crippen molar-refractivity contribution >= 4 is 28.5 Å². The summed E-state index contributed by atoms with van der Waals surface area (Å²) in [5, 5.41) is 1.11. The number of hydrogen-bond acceptors (Lipinski definition) is 6. The zero-order valence-electron chi connectivity index (χ0n) is 16.2. The monoisotopic (exact) mass is 400 g/mol. The van der Waals surface area contributed by atoms with Gasteiger partial charge in [0.15, 0.2) is 0 Å². The van der Waals surface area contributed by atoms with Crippen LogP contribution in [0.5, 0.6) is 17.2 Å². The van der Waals surface area contributed by atoms with Crippen molar-refractivity contribution in [1.29, 1.82) is 0 Å². The molecule has 0 amide bonds. The van der Waals surface area contributed by atoms with E-state index in [1.165, 1.54) is 0 Å². The average molecular weight is 401 g/mol. The molecule has 1 aromatic carbocycles. The standard InChI is InChI=1S/C21H21ClN2O4/c1-21(2,3)28-20(25)9-13-5-6-14(10-18(13)26-4)27-17-7-8-23-16-11-19(22)24-12-15(16)17/h5-8,10-12H,9H2,1-4H3. The van der Waals surface area contributed by atoms with Gasteiger partial charge in [-0.3, -0.25) is 9.78 Å².